The summed E-state index contributed by atoms with van der Waals surface area (Å²) in [6.45, 7) is 0.787. The molecule has 0 radical (unpaired) electrons. The minimum Gasteiger partial charge on any atom is -0.478 e. The number of benzene rings is 2. The van der Waals surface area contributed by atoms with E-state index in [0.717, 1.165) is 11.1 Å². The topological polar surface area (TPSA) is 91.8 Å². The van der Waals surface area contributed by atoms with Gasteiger partial charge in [-0.15, -0.1) is 13.2 Å². The third-order valence-electron chi connectivity index (χ3n) is 4.15. The van der Waals surface area contributed by atoms with Gasteiger partial charge in [-0.1, -0.05) is 24.3 Å². The maximum atomic E-state index is 12.2. The van der Waals surface area contributed by atoms with E-state index in [1.54, 1.807) is 6.07 Å². The lowest BCUT2D eigenvalue weighted by Gasteiger charge is -2.17. The molecule has 3 rings (SSSR count). The zero-order valence-electron chi connectivity index (χ0n) is 15.2. The van der Waals surface area contributed by atoms with Crippen LogP contribution in [0.2, 0.25) is 0 Å². The van der Waals surface area contributed by atoms with E-state index in [4.69, 9.17) is 14.9 Å². The highest BCUT2D eigenvalue weighted by atomic mass is 19.4. The van der Waals surface area contributed by atoms with Crippen LogP contribution in [0, 0.1) is 6.92 Å². The number of amides is 1. The van der Waals surface area contributed by atoms with E-state index in [1.807, 2.05) is 31.2 Å². The molecule has 1 amide bonds. The van der Waals surface area contributed by atoms with Gasteiger partial charge in [-0.25, -0.2) is 4.79 Å². The molecule has 2 N–H and O–H groups in total. The SMILES string of the molecule is Cc1ccccc1-c1cc(=O)oc2cc(O[C@H](COC(F)(F)F)C(N)=O)ccc12. The van der Waals surface area contributed by atoms with Crippen LogP contribution in [0.3, 0.4) is 0 Å². The van der Waals surface area contributed by atoms with Gasteiger partial charge in [0.05, 0.1) is 0 Å². The summed E-state index contributed by atoms with van der Waals surface area (Å²) in [5.74, 6) is -1.14. The Balaban J connectivity index is 1.97. The number of primary amides is 1. The summed E-state index contributed by atoms with van der Waals surface area (Å²) in [4.78, 5) is 23.4. The Morgan fingerprint density at radius 2 is 1.86 bits per heavy atom. The van der Waals surface area contributed by atoms with Gasteiger partial charge in [0.15, 0.2) is 6.10 Å². The fourth-order valence-electron chi connectivity index (χ4n) is 2.82. The van der Waals surface area contributed by atoms with E-state index >= 15 is 0 Å². The molecule has 0 saturated carbocycles. The average Bonchev–Trinajstić information content (AvgIpc) is 2.63. The van der Waals surface area contributed by atoms with E-state index in [-0.39, 0.29) is 11.3 Å². The van der Waals surface area contributed by atoms with Crippen molar-refractivity contribution < 1.29 is 31.9 Å². The Morgan fingerprint density at radius 1 is 1.14 bits per heavy atom. The van der Waals surface area contributed by atoms with Crippen molar-refractivity contribution in [3.63, 3.8) is 0 Å². The summed E-state index contributed by atoms with van der Waals surface area (Å²) in [5.41, 5.74) is 7.02. The highest BCUT2D eigenvalue weighted by molar-refractivity contribution is 5.94. The van der Waals surface area contributed by atoms with E-state index in [2.05, 4.69) is 4.74 Å². The lowest BCUT2D eigenvalue weighted by molar-refractivity contribution is -0.328. The zero-order valence-corrected chi connectivity index (χ0v) is 15.2. The molecule has 1 atom stereocenters. The minimum absolute atomic E-state index is 0.00263. The van der Waals surface area contributed by atoms with Gasteiger partial charge >= 0.3 is 12.0 Å². The Kier molecular flexibility index (Phi) is 5.60. The van der Waals surface area contributed by atoms with Crippen molar-refractivity contribution in [1.82, 2.24) is 0 Å². The van der Waals surface area contributed by atoms with Crippen LogP contribution in [0.5, 0.6) is 5.75 Å². The highest BCUT2D eigenvalue weighted by Gasteiger charge is 2.32. The molecule has 0 aliphatic heterocycles. The number of halogens is 3. The molecule has 0 fully saturated rings. The first-order valence-corrected chi connectivity index (χ1v) is 8.44. The van der Waals surface area contributed by atoms with Gasteiger partial charge in [0.25, 0.3) is 5.91 Å². The van der Waals surface area contributed by atoms with Crippen molar-refractivity contribution in [2.45, 2.75) is 19.4 Å². The standard InChI is InChI=1S/C20H16F3NO5/c1-11-4-2-3-5-13(11)15-9-18(25)29-16-8-12(6-7-14(15)16)28-17(19(24)26)10-27-20(21,22)23/h2-9,17H,10H2,1H3,(H2,24,26)/t17-/m1/s1. The molecule has 3 aromatic rings. The number of nitrogens with two attached hydrogens (primary N) is 1. The molecule has 1 aromatic heterocycles. The van der Waals surface area contributed by atoms with Crippen LogP contribution in [0.1, 0.15) is 5.56 Å². The van der Waals surface area contributed by atoms with Gasteiger partial charge in [0.1, 0.15) is 17.9 Å². The molecule has 0 aliphatic rings. The number of aryl methyl sites for hydroxylation is 1. The first-order chi connectivity index (χ1) is 13.6. The molecule has 1 heterocycles. The molecule has 0 saturated heterocycles. The molecule has 29 heavy (non-hydrogen) atoms. The largest absolute Gasteiger partial charge is 0.522 e. The summed E-state index contributed by atoms with van der Waals surface area (Å²) >= 11 is 0. The Labute approximate surface area is 162 Å². The van der Waals surface area contributed by atoms with Crippen LogP contribution in [0.4, 0.5) is 13.2 Å². The zero-order chi connectivity index (χ0) is 21.2. The number of alkyl halides is 3. The molecule has 0 unspecified atom stereocenters. The highest BCUT2D eigenvalue weighted by Crippen LogP contribution is 2.31. The van der Waals surface area contributed by atoms with Crippen molar-refractivity contribution in [1.29, 1.82) is 0 Å². The summed E-state index contributed by atoms with van der Waals surface area (Å²) in [6.07, 6.45) is -6.62. The molecule has 9 heteroatoms. The Bertz CT molecular complexity index is 1110. The maximum Gasteiger partial charge on any atom is 0.522 e. The molecule has 0 spiro atoms. The van der Waals surface area contributed by atoms with Crippen LogP contribution >= 0.6 is 0 Å². The van der Waals surface area contributed by atoms with Crippen LogP contribution in [-0.2, 0) is 9.53 Å². The van der Waals surface area contributed by atoms with Crippen molar-refractivity contribution >= 4 is 16.9 Å². The van der Waals surface area contributed by atoms with Gasteiger partial charge in [0, 0.05) is 23.1 Å². The molecule has 0 bridgehead atoms. The maximum absolute atomic E-state index is 12.2. The Morgan fingerprint density at radius 3 is 2.52 bits per heavy atom. The predicted octanol–water partition coefficient (Wildman–Crippen LogP) is 3.54. The van der Waals surface area contributed by atoms with Gasteiger partial charge in [-0.05, 0) is 30.2 Å². The first-order valence-electron chi connectivity index (χ1n) is 8.44. The predicted molar refractivity (Wildman–Crippen MR) is 98.3 cm³/mol. The smallest absolute Gasteiger partial charge is 0.478 e. The van der Waals surface area contributed by atoms with Crippen LogP contribution in [0.15, 0.2) is 57.7 Å². The lowest BCUT2D eigenvalue weighted by Crippen LogP contribution is -2.39. The van der Waals surface area contributed by atoms with Crippen molar-refractivity contribution in [2.75, 3.05) is 6.61 Å². The van der Waals surface area contributed by atoms with Crippen molar-refractivity contribution in [3.05, 3.63) is 64.5 Å². The summed E-state index contributed by atoms with van der Waals surface area (Å²) < 4.78 is 50.7. The van der Waals surface area contributed by atoms with Crippen LogP contribution < -0.4 is 16.1 Å². The van der Waals surface area contributed by atoms with E-state index in [1.165, 1.54) is 18.2 Å². The summed E-state index contributed by atoms with van der Waals surface area (Å²) in [5, 5.41) is 0.591. The van der Waals surface area contributed by atoms with E-state index in [9.17, 15) is 22.8 Å². The minimum atomic E-state index is -4.93. The molecule has 2 aromatic carbocycles. The molecule has 6 nitrogen and oxygen atoms in total. The van der Waals surface area contributed by atoms with Crippen LogP contribution in [-0.4, -0.2) is 25.0 Å². The third kappa shape index (κ3) is 4.94. The molecular weight excluding hydrogens is 391 g/mol. The summed E-state index contributed by atoms with van der Waals surface area (Å²) in [7, 11) is 0. The number of carbonyl (C=O) groups excluding carboxylic acids is 1. The summed E-state index contributed by atoms with van der Waals surface area (Å²) in [6, 6.07) is 13.1. The molecule has 0 aliphatic carbocycles. The second-order valence-corrected chi connectivity index (χ2v) is 6.22. The number of fused-ring (bicyclic) bond motifs is 1. The second kappa shape index (κ2) is 7.96. The molecule has 152 valence electrons. The fourth-order valence-corrected chi connectivity index (χ4v) is 2.82. The Hall–Kier alpha value is -3.33. The van der Waals surface area contributed by atoms with Crippen molar-refractivity contribution in [3.8, 4) is 16.9 Å². The number of carbonyl (C=O) groups is 1. The number of hydrogen-bond donors (Lipinski definition) is 1. The van der Waals surface area contributed by atoms with Gasteiger partial charge in [0.2, 0.25) is 0 Å². The average molecular weight is 407 g/mol. The fraction of sp³-hybridized carbons (Fsp3) is 0.200. The van der Waals surface area contributed by atoms with E-state index in [0.29, 0.717) is 10.9 Å². The van der Waals surface area contributed by atoms with Gasteiger partial charge < -0.3 is 14.9 Å². The van der Waals surface area contributed by atoms with Crippen molar-refractivity contribution in [2.24, 2.45) is 5.73 Å². The van der Waals surface area contributed by atoms with Crippen LogP contribution in [0.25, 0.3) is 22.1 Å². The van der Waals surface area contributed by atoms with Gasteiger partial charge in [-0.2, -0.15) is 0 Å². The van der Waals surface area contributed by atoms with Gasteiger partial charge in [-0.3, -0.25) is 9.53 Å². The number of hydrogen-bond acceptors (Lipinski definition) is 5. The number of rotatable bonds is 6. The third-order valence-corrected chi connectivity index (χ3v) is 4.15. The number of ether oxygens (including phenoxy) is 2. The normalized spacial score (nSPS) is 12.7. The first kappa shape index (κ1) is 20.4. The quantitative estimate of drug-likeness (QED) is 0.631. The molecular formula is C20H16F3NO5. The monoisotopic (exact) mass is 407 g/mol. The second-order valence-electron chi connectivity index (χ2n) is 6.22. The van der Waals surface area contributed by atoms with E-state index < -0.39 is 30.6 Å². The lowest BCUT2D eigenvalue weighted by atomic mass is 9.98.